The second-order valence-corrected chi connectivity index (χ2v) is 7.08. The van der Waals surface area contributed by atoms with Crippen molar-refractivity contribution in [1.82, 2.24) is 4.57 Å². The molecule has 6 heteroatoms. The first-order valence-electron chi connectivity index (χ1n) is 6.90. The van der Waals surface area contributed by atoms with Gasteiger partial charge in [-0.1, -0.05) is 27.5 Å². The molecule has 1 aliphatic rings. The van der Waals surface area contributed by atoms with E-state index in [9.17, 15) is 13.9 Å². The molecule has 0 bridgehead atoms. The first-order chi connectivity index (χ1) is 9.85. The summed E-state index contributed by atoms with van der Waals surface area (Å²) >= 11 is 9.53. The molecule has 1 N–H and O–H groups in total. The van der Waals surface area contributed by atoms with Gasteiger partial charge < -0.3 is 9.67 Å². The molecule has 0 aliphatic heterocycles. The zero-order valence-electron chi connectivity index (χ0n) is 11.3. The highest BCUT2D eigenvalue weighted by molar-refractivity contribution is 9.10. The lowest BCUT2D eigenvalue weighted by atomic mass is 9.87. The summed E-state index contributed by atoms with van der Waals surface area (Å²) in [6.45, 7) is 0.546. The van der Waals surface area contributed by atoms with Crippen molar-refractivity contribution in [2.75, 3.05) is 0 Å². The van der Waals surface area contributed by atoms with Crippen LogP contribution in [0.5, 0.6) is 5.88 Å². The maximum absolute atomic E-state index is 13.2. The third-order valence-corrected chi connectivity index (χ3v) is 4.92. The summed E-state index contributed by atoms with van der Waals surface area (Å²) in [5.41, 5.74) is 0. The van der Waals surface area contributed by atoms with Crippen molar-refractivity contribution in [1.29, 1.82) is 0 Å². The summed E-state index contributed by atoms with van der Waals surface area (Å²) in [6.07, 6.45) is 2.67. The number of halogens is 4. The third-order valence-electron chi connectivity index (χ3n) is 4.17. The van der Waals surface area contributed by atoms with E-state index in [2.05, 4.69) is 15.9 Å². The van der Waals surface area contributed by atoms with E-state index in [1.807, 2.05) is 12.3 Å². The quantitative estimate of drug-likeness (QED) is 0.724. The van der Waals surface area contributed by atoms with Crippen molar-refractivity contribution >= 4 is 38.3 Å². The number of rotatable bonds is 2. The molecule has 1 saturated carbocycles. The second kappa shape index (κ2) is 5.43. The van der Waals surface area contributed by atoms with Crippen molar-refractivity contribution < 1.29 is 13.9 Å². The number of alkyl halides is 2. The van der Waals surface area contributed by atoms with E-state index in [4.69, 9.17) is 11.6 Å². The van der Waals surface area contributed by atoms with E-state index in [1.165, 1.54) is 0 Å². The van der Waals surface area contributed by atoms with Gasteiger partial charge in [0.15, 0.2) is 0 Å². The number of nitrogens with zero attached hydrogens (tertiary/aromatic N) is 1. The van der Waals surface area contributed by atoms with Gasteiger partial charge in [0.2, 0.25) is 11.8 Å². The van der Waals surface area contributed by atoms with Crippen LogP contribution in [-0.2, 0) is 6.54 Å². The molecule has 1 aliphatic carbocycles. The van der Waals surface area contributed by atoms with Crippen LogP contribution in [0.1, 0.15) is 25.7 Å². The van der Waals surface area contributed by atoms with Gasteiger partial charge in [0, 0.05) is 35.4 Å². The van der Waals surface area contributed by atoms with Gasteiger partial charge in [0.05, 0.1) is 10.4 Å². The standard InChI is InChI=1S/C15H15BrClF2NO/c16-11-5-10-8-20(14(21)13(10)12(17)6-11)7-9-1-3-15(18,19)4-2-9/h5-6,8-9,21H,1-4,7H2. The van der Waals surface area contributed by atoms with Gasteiger partial charge >= 0.3 is 0 Å². The third kappa shape index (κ3) is 3.04. The Morgan fingerprint density at radius 3 is 2.67 bits per heavy atom. The number of hydrogen-bond donors (Lipinski definition) is 1. The topological polar surface area (TPSA) is 25.2 Å². The van der Waals surface area contributed by atoms with Gasteiger partial charge in [-0.15, -0.1) is 0 Å². The van der Waals surface area contributed by atoms with Crippen LogP contribution in [0, 0.1) is 5.92 Å². The van der Waals surface area contributed by atoms with Crippen LogP contribution >= 0.6 is 27.5 Å². The summed E-state index contributed by atoms with van der Waals surface area (Å²) in [5.74, 6) is -2.24. The van der Waals surface area contributed by atoms with Crippen LogP contribution in [-0.4, -0.2) is 15.6 Å². The van der Waals surface area contributed by atoms with Crippen molar-refractivity contribution in [3.8, 4) is 5.88 Å². The smallest absolute Gasteiger partial charge is 0.248 e. The summed E-state index contributed by atoms with van der Waals surface area (Å²) in [6, 6.07) is 3.61. The Morgan fingerprint density at radius 1 is 1.33 bits per heavy atom. The lowest BCUT2D eigenvalue weighted by Gasteiger charge is -2.28. The van der Waals surface area contributed by atoms with Crippen molar-refractivity contribution in [2.45, 2.75) is 38.2 Å². The van der Waals surface area contributed by atoms with E-state index >= 15 is 0 Å². The molecule has 114 valence electrons. The minimum absolute atomic E-state index is 0.0640. The van der Waals surface area contributed by atoms with Gasteiger partial charge in [0.1, 0.15) is 0 Å². The molecule has 0 spiro atoms. The van der Waals surface area contributed by atoms with Gasteiger partial charge in [-0.25, -0.2) is 8.78 Å². The molecule has 0 atom stereocenters. The molecular formula is C15H15BrClF2NO. The highest BCUT2D eigenvalue weighted by Gasteiger charge is 2.35. The molecule has 2 aromatic rings. The molecule has 1 aromatic carbocycles. The predicted molar refractivity (Wildman–Crippen MR) is 83.2 cm³/mol. The first kappa shape index (κ1) is 15.1. The minimum atomic E-state index is -2.52. The summed E-state index contributed by atoms with van der Waals surface area (Å²) in [7, 11) is 0. The van der Waals surface area contributed by atoms with E-state index in [0.29, 0.717) is 29.8 Å². The van der Waals surface area contributed by atoms with Gasteiger partial charge in [-0.3, -0.25) is 0 Å². The zero-order valence-corrected chi connectivity index (χ0v) is 13.6. The number of aromatic nitrogens is 1. The zero-order chi connectivity index (χ0) is 15.2. The lowest BCUT2D eigenvalue weighted by molar-refractivity contribution is -0.0474. The average Bonchev–Trinajstić information content (AvgIpc) is 2.68. The SMILES string of the molecule is Oc1c2c(Cl)cc(Br)cc2cn1CC1CCC(F)(F)CC1. The molecule has 1 aromatic heterocycles. The van der Waals surface area contributed by atoms with Crippen molar-refractivity contribution in [2.24, 2.45) is 5.92 Å². The number of fused-ring (bicyclic) bond motifs is 1. The van der Waals surface area contributed by atoms with Crippen molar-refractivity contribution in [3.05, 3.63) is 27.8 Å². The van der Waals surface area contributed by atoms with Gasteiger partial charge in [0.25, 0.3) is 0 Å². The van der Waals surface area contributed by atoms with Crippen LogP contribution in [0.4, 0.5) is 8.78 Å². The molecule has 21 heavy (non-hydrogen) atoms. The Balaban J connectivity index is 1.85. The summed E-state index contributed by atoms with van der Waals surface area (Å²) in [5, 5.41) is 12.2. The molecule has 0 unspecified atom stereocenters. The monoisotopic (exact) mass is 377 g/mol. The fraction of sp³-hybridized carbons (Fsp3) is 0.467. The van der Waals surface area contributed by atoms with E-state index < -0.39 is 5.92 Å². The Bertz CT molecular complexity index is 676. The molecule has 0 radical (unpaired) electrons. The Hall–Kier alpha value is -0.810. The molecular weight excluding hydrogens is 364 g/mol. The summed E-state index contributed by atoms with van der Waals surface area (Å²) in [4.78, 5) is 0. The number of benzene rings is 1. The minimum Gasteiger partial charge on any atom is -0.494 e. The molecule has 2 nitrogen and oxygen atoms in total. The highest BCUT2D eigenvalue weighted by atomic mass is 79.9. The van der Waals surface area contributed by atoms with Crippen LogP contribution < -0.4 is 0 Å². The van der Waals surface area contributed by atoms with Crippen LogP contribution in [0.25, 0.3) is 10.8 Å². The molecule has 0 amide bonds. The maximum atomic E-state index is 13.2. The Morgan fingerprint density at radius 2 is 2.00 bits per heavy atom. The van der Waals surface area contributed by atoms with Gasteiger partial charge in [-0.05, 0) is 30.9 Å². The van der Waals surface area contributed by atoms with Crippen LogP contribution in [0.3, 0.4) is 0 Å². The molecule has 0 saturated heterocycles. The maximum Gasteiger partial charge on any atom is 0.248 e. The lowest BCUT2D eigenvalue weighted by Crippen LogP contribution is -2.26. The fourth-order valence-corrected chi connectivity index (χ4v) is 3.92. The molecule has 3 rings (SSSR count). The molecule has 1 fully saturated rings. The van der Waals surface area contributed by atoms with E-state index in [1.54, 1.807) is 10.6 Å². The first-order valence-corrected chi connectivity index (χ1v) is 8.07. The predicted octanol–water partition coefficient (Wildman–Crippen LogP) is 5.59. The van der Waals surface area contributed by atoms with E-state index in [0.717, 1.165) is 9.86 Å². The van der Waals surface area contributed by atoms with E-state index in [-0.39, 0.29) is 24.6 Å². The Kier molecular flexibility index (Phi) is 3.91. The average molecular weight is 379 g/mol. The number of aromatic hydroxyl groups is 1. The largest absolute Gasteiger partial charge is 0.494 e. The highest BCUT2D eigenvalue weighted by Crippen LogP contribution is 2.40. The van der Waals surface area contributed by atoms with Crippen molar-refractivity contribution in [3.63, 3.8) is 0 Å². The van der Waals surface area contributed by atoms with Crippen LogP contribution in [0.15, 0.2) is 22.8 Å². The van der Waals surface area contributed by atoms with Gasteiger partial charge in [-0.2, -0.15) is 0 Å². The number of hydrogen-bond acceptors (Lipinski definition) is 1. The Labute approximate surface area is 134 Å². The fourth-order valence-electron chi connectivity index (χ4n) is 3.00. The molecule has 1 heterocycles. The normalized spacial score (nSPS) is 19.2. The summed E-state index contributed by atoms with van der Waals surface area (Å²) < 4.78 is 28.9. The van der Waals surface area contributed by atoms with Crippen LogP contribution in [0.2, 0.25) is 5.02 Å². The second-order valence-electron chi connectivity index (χ2n) is 5.76.